The van der Waals surface area contributed by atoms with Crippen molar-refractivity contribution in [2.75, 3.05) is 11.4 Å². The van der Waals surface area contributed by atoms with Gasteiger partial charge in [-0.25, -0.2) is 0 Å². The fraction of sp³-hybridized carbons (Fsp3) is 0.462. The molecule has 1 heterocycles. The minimum absolute atomic E-state index is 0.292. The molecule has 0 spiro atoms. The number of rotatable bonds is 4. The second kappa shape index (κ2) is 4.56. The van der Waals surface area contributed by atoms with Gasteiger partial charge >= 0.3 is 0 Å². The lowest BCUT2D eigenvalue weighted by atomic mass is 10.1. The molecule has 0 saturated carbocycles. The van der Waals surface area contributed by atoms with E-state index < -0.39 is 0 Å². The number of para-hydroxylation sites is 1. The van der Waals surface area contributed by atoms with Crippen LogP contribution in [0.3, 0.4) is 0 Å². The molecule has 0 saturated heterocycles. The zero-order chi connectivity index (χ0) is 11.5. The predicted molar refractivity (Wildman–Crippen MR) is 68.1 cm³/mol. The van der Waals surface area contributed by atoms with E-state index in [9.17, 15) is 0 Å². The zero-order valence-electron chi connectivity index (χ0n) is 9.74. The summed E-state index contributed by atoms with van der Waals surface area (Å²) >= 11 is 0. The van der Waals surface area contributed by atoms with Crippen LogP contribution in [0.4, 0.5) is 5.69 Å². The maximum Gasteiger partial charge on any atom is 0.0905 e. The van der Waals surface area contributed by atoms with Crippen molar-refractivity contribution in [1.29, 1.82) is 5.41 Å². The maximum absolute atomic E-state index is 7.22. The smallest absolute Gasteiger partial charge is 0.0905 e. The van der Waals surface area contributed by atoms with Gasteiger partial charge in [0, 0.05) is 24.7 Å². The first kappa shape index (κ1) is 11.0. The summed E-state index contributed by atoms with van der Waals surface area (Å²) in [5.41, 5.74) is 8.17. The number of hydrogen-bond donors (Lipinski definition) is 2. The van der Waals surface area contributed by atoms with Gasteiger partial charge < -0.3 is 10.6 Å². The molecule has 1 unspecified atom stereocenters. The predicted octanol–water partition coefficient (Wildman–Crippen LogP) is 2.15. The van der Waals surface area contributed by atoms with Gasteiger partial charge in [0.05, 0.1) is 5.84 Å². The molecule has 0 amide bonds. The number of benzene rings is 1. The Labute approximate surface area is 96.8 Å². The summed E-state index contributed by atoms with van der Waals surface area (Å²) in [5, 5.41) is 7.22. The minimum Gasteiger partial charge on any atom is -0.388 e. The Balaban J connectivity index is 2.02. The van der Waals surface area contributed by atoms with Gasteiger partial charge in [0.1, 0.15) is 0 Å². The van der Waals surface area contributed by atoms with E-state index in [1.165, 1.54) is 11.3 Å². The van der Waals surface area contributed by atoms with Crippen molar-refractivity contribution < 1.29 is 0 Å². The van der Waals surface area contributed by atoms with Crippen molar-refractivity contribution in [3.8, 4) is 0 Å². The van der Waals surface area contributed by atoms with Gasteiger partial charge in [-0.3, -0.25) is 5.41 Å². The first-order valence-corrected chi connectivity index (χ1v) is 5.86. The van der Waals surface area contributed by atoms with Crippen LogP contribution in [0.1, 0.15) is 25.3 Å². The van der Waals surface area contributed by atoms with E-state index in [1.54, 1.807) is 0 Å². The molecule has 1 atom stereocenters. The fourth-order valence-electron chi connectivity index (χ4n) is 2.41. The van der Waals surface area contributed by atoms with Crippen LogP contribution >= 0.6 is 0 Å². The summed E-state index contributed by atoms with van der Waals surface area (Å²) in [6, 6.07) is 9.16. The quantitative estimate of drug-likeness (QED) is 0.600. The van der Waals surface area contributed by atoms with E-state index >= 15 is 0 Å². The topological polar surface area (TPSA) is 53.1 Å². The van der Waals surface area contributed by atoms with Gasteiger partial charge in [-0.2, -0.15) is 0 Å². The Morgan fingerprint density at radius 3 is 3.00 bits per heavy atom. The lowest BCUT2D eigenvalue weighted by molar-refractivity contribution is 0.654. The van der Waals surface area contributed by atoms with E-state index in [0.717, 1.165) is 19.4 Å². The van der Waals surface area contributed by atoms with E-state index in [2.05, 4.69) is 36.1 Å². The Kier molecular flexibility index (Phi) is 3.13. The normalized spacial score (nSPS) is 18.6. The fourth-order valence-corrected chi connectivity index (χ4v) is 2.41. The number of anilines is 1. The lowest BCUT2D eigenvalue weighted by Gasteiger charge is -2.24. The molecule has 0 aliphatic carbocycles. The highest BCUT2D eigenvalue weighted by molar-refractivity contribution is 5.76. The number of fused-ring (bicyclic) bond motifs is 1. The van der Waals surface area contributed by atoms with Crippen LogP contribution in [0.2, 0.25) is 0 Å². The van der Waals surface area contributed by atoms with Crippen LogP contribution in [0.15, 0.2) is 24.3 Å². The van der Waals surface area contributed by atoms with Crippen molar-refractivity contribution in [1.82, 2.24) is 0 Å². The Hall–Kier alpha value is -1.51. The monoisotopic (exact) mass is 217 g/mol. The molecule has 0 aromatic heterocycles. The molecular weight excluding hydrogens is 198 g/mol. The SMILES string of the molecule is CC1Cc2ccccc2N1CCCC(=N)N. The Morgan fingerprint density at radius 1 is 1.50 bits per heavy atom. The van der Waals surface area contributed by atoms with Crippen molar-refractivity contribution in [2.24, 2.45) is 5.73 Å². The summed E-state index contributed by atoms with van der Waals surface area (Å²) in [6.07, 6.45) is 2.80. The van der Waals surface area contributed by atoms with Gasteiger partial charge in [0.15, 0.2) is 0 Å². The summed E-state index contributed by atoms with van der Waals surface area (Å²) < 4.78 is 0. The lowest BCUT2D eigenvalue weighted by Crippen LogP contribution is -2.30. The molecule has 0 bridgehead atoms. The highest BCUT2D eigenvalue weighted by Crippen LogP contribution is 2.31. The number of hydrogen-bond acceptors (Lipinski definition) is 2. The maximum atomic E-state index is 7.22. The van der Waals surface area contributed by atoms with Crippen LogP contribution in [0, 0.1) is 5.41 Å². The molecule has 3 heteroatoms. The summed E-state index contributed by atoms with van der Waals surface area (Å²) in [4.78, 5) is 2.43. The second-order valence-electron chi connectivity index (χ2n) is 4.50. The molecule has 1 aromatic rings. The first-order valence-electron chi connectivity index (χ1n) is 5.86. The van der Waals surface area contributed by atoms with Gasteiger partial charge in [-0.05, 0) is 31.4 Å². The molecule has 3 nitrogen and oxygen atoms in total. The van der Waals surface area contributed by atoms with Crippen LogP contribution < -0.4 is 10.6 Å². The van der Waals surface area contributed by atoms with Crippen LogP contribution in [0.25, 0.3) is 0 Å². The molecule has 3 N–H and O–H groups in total. The Morgan fingerprint density at radius 2 is 2.25 bits per heavy atom. The molecule has 16 heavy (non-hydrogen) atoms. The molecule has 0 fully saturated rings. The first-order chi connectivity index (χ1) is 7.68. The standard InChI is InChI=1S/C13H19N3/c1-10-9-11-5-2-3-6-12(11)16(10)8-4-7-13(14)15/h2-3,5-6,10H,4,7-9H2,1H3,(H3,14,15). The van der Waals surface area contributed by atoms with Gasteiger partial charge in [-0.1, -0.05) is 18.2 Å². The van der Waals surface area contributed by atoms with Crippen LogP contribution in [-0.4, -0.2) is 18.4 Å². The molecule has 1 aliphatic heterocycles. The van der Waals surface area contributed by atoms with Crippen molar-refractivity contribution in [2.45, 2.75) is 32.2 Å². The van der Waals surface area contributed by atoms with E-state index in [0.29, 0.717) is 18.3 Å². The van der Waals surface area contributed by atoms with Crippen LogP contribution in [-0.2, 0) is 6.42 Å². The number of nitrogens with two attached hydrogens (primary N) is 1. The van der Waals surface area contributed by atoms with E-state index in [4.69, 9.17) is 11.1 Å². The number of nitrogens with zero attached hydrogens (tertiary/aromatic N) is 1. The third-order valence-corrected chi connectivity index (χ3v) is 3.19. The highest BCUT2D eigenvalue weighted by Gasteiger charge is 2.24. The molecular formula is C13H19N3. The molecule has 1 aromatic carbocycles. The van der Waals surface area contributed by atoms with Crippen molar-refractivity contribution in [3.05, 3.63) is 29.8 Å². The summed E-state index contributed by atoms with van der Waals surface area (Å²) in [5.74, 6) is 0.292. The molecule has 2 rings (SSSR count). The molecule has 0 radical (unpaired) electrons. The summed E-state index contributed by atoms with van der Waals surface area (Å²) in [7, 11) is 0. The van der Waals surface area contributed by atoms with Gasteiger partial charge in [-0.15, -0.1) is 0 Å². The van der Waals surface area contributed by atoms with Crippen LogP contribution in [0.5, 0.6) is 0 Å². The summed E-state index contributed by atoms with van der Waals surface area (Å²) in [6.45, 7) is 3.26. The van der Waals surface area contributed by atoms with E-state index in [-0.39, 0.29) is 0 Å². The van der Waals surface area contributed by atoms with Gasteiger partial charge in [0.2, 0.25) is 0 Å². The minimum atomic E-state index is 0.292. The average Bonchev–Trinajstić information content (AvgIpc) is 2.55. The number of nitrogens with one attached hydrogen (secondary N) is 1. The Bertz CT molecular complexity index is 387. The van der Waals surface area contributed by atoms with Crippen molar-refractivity contribution >= 4 is 11.5 Å². The highest BCUT2D eigenvalue weighted by atomic mass is 15.2. The zero-order valence-corrected chi connectivity index (χ0v) is 9.74. The third-order valence-electron chi connectivity index (χ3n) is 3.19. The van der Waals surface area contributed by atoms with Crippen molar-refractivity contribution in [3.63, 3.8) is 0 Å². The molecule has 86 valence electrons. The largest absolute Gasteiger partial charge is 0.388 e. The average molecular weight is 217 g/mol. The third kappa shape index (κ3) is 2.18. The number of amidine groups is 1. The molecule has 1 aliphatic rings. The second-order valence-corrected chi connectivity index (χ2v) is 4.50. The van der Waals surface area contributed by atoms with Gasteiger partial charge in [0.25, 0.3) is 0 Å². The van der Waals surface area contributed by atoms with E-state index in [1.807, 2.05) is 0 Å².